The maximum Gasteiger partial charge on any atom is 0.355 e. The van der Waals surface area contributed by atoms with Crippen molar-refractivity contribution in [1.82, 2.24) is 24.1 Å². The van der Waals surface area contributed by atoms with E-state index in [1.54, 1.807) is 13.8 Å². The first kappa shape index (κ1) is 26.2. The molecule has 0 spiro atoms. The number of hydrogen-bond donors (Lipinski definition) is 0. The number of nitrogens with zero attached hydrogens (tertiary/aromatic N) is 5. The Labute approximate surface area is 193 Å². The van der Waals surface area contributed by atoms with Crippen molar-refractivity contribution < 1.29 is 33.3 Å². The van der Waals surface area contributed by atoms with E-state index >= 15 is 0 Å². The van der Waals surface area contributed by atoms with Gasteiger partial charge in [-0.05, 0) is 13.8 Å². The minimum Gasteiger partial charge on any atom is -0.463 e. The molecule has 0 aliphatic rings. The molecule has 0 saturated heterocycles. The first-order valence-corrected chi connectivity index (χ1v) is 10.2. The fraction of sp³-hybridized carbons (Fsp3) is 0.450. The Morgan fingerprint density at radius 2 is 1.79 bits per heavy atom. The molecule has 0 aromatic carbocycles. The third-order valence-electron chi connectivity index (χ3n) is 4.12. The normalized spacial score (nSPS) is 11.2. The van der Waals surface area contributed by atoms with E-state index in [1.807, 2.05) is 0 Å². The molecular formula is C20H25N5O9. The summed E-state index contributed by atoms with van der Waals surface area (Å²) in [5, 5.41) is 7.59. The highest BCUT2D eigenvalue weighted by Gasteiger charge is 2.20. The molecule has 0 N–H and O–H groups in total. The summed E-state index contributed by atoms with van der Waals surface area (Å²) in [4.78, 5) is 60.6. The molecule has 0 aliphatic heterocycles. The van der Waals surface area contributed by atoms with Gasteiger partial charge in [0.2, 0.25) is 0 Å². The summed E-state index contributed by atoms with van der Waals surface area (Å²) >= 11 is 0. The molecule has 34 heavy (non-hydrogen) atoms. The van der Waals surface area contributed by atoms with Crippen LogP contribution >= 0.6 is 0 Å². The SMILES string of the molecule is CCOC(=O)/C=C(/C(=O)OCC)n1ccc(=O)n(Cc2cnnn2COCCOC(C)=O)c1=O. The van der Waals surface area contributed by atoms with Crippen molar-refractivity contribution in [3.8, 4) is 0 Å². The van der Waals surface area contributed by atoms with Crippen LogP contribution in [-0.2, 0) is 46.6 Å². The topological polar surface area (TPSA) is 163 Å². The molecule has 0 amide bonds. The summed E-state index contributed by atoms with van der Waals surface area (Å²) in [5.41, 5.74) is -1.64. The first-order valence-electron chi connectivity index (χ1n) is 10.2. The second-order valence-electron chi connectivity index (χ2n) is 6.50. The van der Waals surface area contributed by atoms with E-state index in [2.05, 4.69) is 10.3 Å². The summed E-state index contributed by atoms with van der Waals surface area (Å²) < 4.78 is 22.8. The molecule has 14 nitrogen and oxygen atoms in total. The fourth-order valence-electron chi connectivity index (χ4n) is 2.64. The highest BCUT2D eigenvalue weighted by atomic mass is 16.6. The lowest BCUT2D eigenvalue weighted by Gasteiger charge is -2.13. The molecule has 2 aromatic heterocycles. The minimum absolute atomic E-state index is 0.00427. The molecule has 0 aliphatic carbocycles. The molecule has 0 unspecified atom stereocenters. The van der Waals surface area contributed by atoms with Crippen LogP contribution in [0.1, 0.15) is 26.5 Å². The molecule has 0 radical (unpaired) electrons. The quantitative estimate of drug-likeness (QED) is 0.161. The average Bonchev–Trinajstić information content (AvgIpc) is 3.22. The van der Waals surface area contributed by atoms with Crippen molar-refractivity contribution in [2.45, 2.75) is 34.0 Å². The van der Waals surface area contributed by atoms with Crippen LogP contribution < -0.4 is 11.2 Å². The summed E-state index contributed by atoms with van der Waals surface area (Å²) in [5.74, 6) is -2.25. The van der Waals surface area contributed by atoms with Gasteiger partial charge in [0.05, 0.1) is 44.3 Å². The van der Waals surface area contributed by atoms with Crippen LogP contribution in [0.4, 0.5) is 0 Å². The highest BCUT2D eigenvalue weighted by molar-refractivity contribution is 6.14. The van der Waals surface area contributed by atoms with Gasteiger partial charge in [0.1, 0.15) is 19.0 Å². The van der Waals surface area contributed by atoms with E-state index < -0.39 is 34.9 Å². The van der Waals surface area contributed by atoms with Crippen molar-refractivity contribution >= 4 is 23.6 Å². The van der Waals surface area contributed by atoms with Crippen LogP contribution in [0.2, 0.25) is 0 Å². The minimum atomic E-state index is -0.948. The van der Waals surface area contributed by atoms with Crippen LogP contribution in [0.15, 0.2) is 34.1 Å². The van der Waals surface area contributed by atoms with Crippen molar-refractivity contribution in [3.05, 3.63) is 51.1 Å². The maximum atomic E-state index is 13.1. The maximum absolute atomic E-state index is 13.1. The second kappa shape index (κ2) is 12.8. The number of carbonyl (C=O) groups is 3. The van der Waals surface area contributed by atoms with Gasteiger partial charge in [-0.1, -0.05) is 5.21 Å². The Balaban J connectivity index is 2.32. The van der Waals surface area contributed by atoms with Crippen molar-refractivity contribution in [2.75, 3.05) is 26.4 Å². The first-order chi connectivity index (χ1) is 16.3. The molecule has 2 aromatic rings. The predicted molar refractivity (Wildman–Crippen MR) is 114 cm³/mol. The lowest BCUT2D eigenvalue weighted by molar-refractivity contribution is -0.143. The van der Waals surface area contributed by atoms with E-state index in [0.29, 0.717) is 5.69 Å². The van der Waals surface area contributed by atoms with Crippen molar-refractivity contribution in [2.24, 2.45) is 0 Å². The molecule has 0 bridgehead atoms. The zero-order valence-corrected chi connectivity index (χ0v) is 19.0. The van der Waals surface area contributed by atoms with Gasteiger partial charge in [-0.2, -0.15) is 0 Å². The average molecular weight is 479 g/mol. The van der Waals surface area contributed by atoms with E-state index in [9.17, 15) is 24.0 Å². The summed E-state index contributed by atoms with van der Waals surface area (Å²) in [6, 6.07) is 1.06. The second-order valence-corrected chi connectivity index (χ2v) is 6.50. The summed E-state index contributed by atoms with van der Waals surface area (Å²) in [6.07, 6.45) is 3.22. The zero-order valence-electron chi connectivity index (χ0n) is 19.0. The van der Waals surface area contributed by atoms with E-state index in [4.69, 9.17) is 18.9 Å². The van der Waals surface area contributed by atoms with Gasteiger partial charge in [0.15, 0.2) is 0 Å². The van der Waals surface area contributed by atoms with Gasteiger partial charge in [0.25, 0.3) is 5.56 Å². The molecule has 14 heteroatoms. The lowest BCUT2D eigenvalue weighted by Crippen LogP contribution is -2.40. The molecule has 2 heterocycles. The van der Waals surface area contributed by atoms with Gasteiger partial charge >= 0.3 is 23.6 Å². The van der Waals surface area contributed by atoms with Gasteiger partial charge in [0, 0.05) is 19.2 Å². The molecule has 184 valence electrons. The van der Waals surface area contributed by atoms with E-state index in [-0.39, 0.29) is 39.7 Å². The van der Waals surface area contributed by atoms with Crippen molar-refractivity contribution in [1.29, 1.82) is 0 Å². The summed E-state index contributed by atoms with van der Waals surface area (Å²) in [7, 11) is 0. The molecule has 0 atom stereocenters. The Bertz CT molecular complexity index is 1160. The predicted octanol–water partition coefficient (Wildman–Crippen LogP) is -0.846. The number of rotatable bonds is 12. The van der Waals surface area contributed by atoms with Gasteiger partial charge in [-0.3, -0.25) is 18.7 Å². The third-order valence-corrected chi connectivity index (χ3v) is 4.12. The van der Waals surface area contributed by atoms with Crippen LogP contribution in [0, 0.1) is 0 Å². The highest BCUT2D eigenvalue weighted by Crippen LogP contribution is 2.06. The Morgan fingerprint density at radius 1 is 1.06 bits per heavy atom. The number of esters is 3. The van der Waals surface area contributed by atoms with Gasteiger partial charge < -0.3 is 18.9 Å². The smallest absolute Gasteiger partial charge is 0.355 e. The Morgan fingerprint density at radius 3 is 2.47 bits per heavy atom. The number of ether oxygens (including phenoxy) is 4. The lowest BCUT2D eigenvalue weighted by atomic mass is 10.3. The largest absolute Gasteiger partial charge is 0.463 e. The van der Waals surface area contributed by atoms with Crippen LogP contribution in [-0.4, -0.2) is 68.5 Å². The van der Waals surface area contributed by atoms with Gasteiger partial charge in [-0.25, -0.2) is 19.1 Å². The van der Waals surface area contributed by atoms with Crippen LogP contribution in [0.25, 0.3) is 5.70 Å². The standard InChI is InChI=1S/C20H25N5O9/c1-4-32-18(28)10-16(19(29)33-5-2)23-7-6-17(27)24(20(23)30)12-15-11-21-22-25(15)13-31-8-9-34-14(3)26/h6-7,10-11H,4-5,8-9,12-13H2,1-3H3/b16-10-. The monoisotopic (exact) mass is 479 g/mol. The fourth-order valence-corrected chi connectivity index (χ4v) is 2.64. The van der Waals surface area contributed by atoms with E-state index in [0.717, 1.165) is 27.5 Å². The zero-order chi connectivity index (χ0) is 25.1. The van der Waals surface area contributed by atoms with E-state index in [1.165, 1.54) is 17.8 Å². The Kier molecular flexibility index (Phi) is 9.89. The summed E-state index contributed by atoms with van der Waals surface area (Å²) in [6.45, 7) is 4.28. The molecule has 0 fully saturated rings. The Hall–Kier alpha value is -4.07. The number of aromatic nitrogens is 5. The van der Waals surface area contributed by atoms with Crippen molar-refractivity contribution in [3.63, 3.8) is 0 Å². The number of hydrogen-bond acceptors (Lipinski definition) is 11. The molecule has 2 rings (SSSR count). The third kappa shape index (κ3) is 7.23. The van der Waals surface area contributed by atoms with Gasteiger partial charge in [-0.15, -0.1) is 5.10 Å². The number of carbonyl (C=O) groups excluding carboxylic acids is 3. The molecule has 0 saturated carbocycles. The van der Waals surface area contributed by atoms with Crippen LogP contribution in [0.5, 0.6) is 0 Å². The van der Waals surface area contributed by atoms with Crippen LogP contribution in [0.3, 0.4) is 0 Å². The molecular weight excluding hydrogens is 454 g/mol.